The summed E-state index contributed by atoms with van der Waals surface area (Å²) in [6.45, 7) is 5.61. The number of H-pyrrole nitrogens is 2. The number of carbonyl (C=O) groups is 12. The average molecular weight is 1440 g/mol. The number of hydrogen-bond acceptors (Lipinski definition) is 18. The molecule has 30 nitrogen and oxygen atoms in total. The molecule has 12 atom stereocenters. The molecular weight excluding hydrogens is 1360 g/mol. The van der Waals surface area contributed by atoms with Crippen LogP contribution in [0.5, 0.6) is 5.75 Å². The molecule has 32 heteroatoms. The van der Waals surface area contributed by atoms with Gasteiger partial charge in [0, 0.05) is 72.6 Å². The van der Waals surface area contributed by atoms with Crippen LogP contribution in [0.4, 0.5) is 0 Å². The highest BCUT2D eigenvalue weighted by molar-refractivity contribution is 7.80. The topological polar surface area (TPSA) is 477 Å². The molecule has 0 aliphatic rings. The summed E-state index contributed by atoms with van der Waals surface area (Å²) in [5, 5.41) is 68.6. The Balaban J connectivity index is 1.14. The van der Waals surface area contributed by atoms with Crippen LogP contribution in [-0.4, -0.2) is 190 Å². The number of fused-ring (bicyclic) bond motifs is 2. The average Bonchev–Trinajstić information content (AvgIpc) is 1.66. The highest BCUT2D eigenvalue weighted by atomic mass is 32.1. The normalized spacial score (nSPS) is 14.8. The van der Waals surface area contributed by atoms with Crippen molar-refractivity contribution in [1.82, 2.24) is 68.1 Å². The van der Waals surface area contributed by atoms with Crippen LogP contribution < -0.4 is 58.9 Å². The zero-order valence-electron chi connectivity index (χ0n) is 56.0. The quantitative estimate of drug-likeness (QED) is 0.0226. The third-order valence-electron chi connectivity index (χ3n) is 16.6. The summed E-state index contributed by atoms with van der Waals surface area (Å²) in [4.78, 5) is 177. The molecule has 0 saturated carbocycles. The fraction of sp³-hybridized carbons (Fsp3) is 0.357. The number of carbonyl (C=O) groups excluding carboxylic acids is 10. The summed E-state index contributed by atoms with van der Waals surface area (Å²) < 4.78 is 0. The molecule has 0 aliphatic carbocycles. The molecule has 102 heavy (non-hydrogen) atoms. The molecule has 0 bridgehead atoms. The monoisotopic (exact) mass is 1440 g/mol. The Labute approximate surface area is 596 Å². The number of phenols is 1. The first-order valence-corrected chi connectivity index (χ1v) is 33.8. The molecule has 0 saturated heterocycles. The van der Waals surface area contributed by atoms with E-state index >= 15 is 9.59 Å². The standard InChI is InChI=1S/C70H84N14O16S2/c1-36(2)58(83-65(94)52(28-43-31-73-49-20-11-10-19-47(43)49)79-64(93)54(30-57(87)88)76-60(89)37(3)75-61(90)48(71)33-101)68(97)82-56(34-102)67(96)77-50(25-40-21-23-45(86)24-22-40)62(91)78-51(27-42-17-12-16-41-15-8-9-18-46(41)42)63(92)80-53(29-44-32-72-35-74-44)66(95)84-59(38(4)85)69(98)81-55(70(99)100)26-39-13-6-5-7-14-39/h5-24,31-32,35-38,48,50-56,58-59,73,85-86,101-102H,25-30,33-34,71H2,1-4H3,(H,72,74)(H,75,90)(H,76,89)(H,77,96)(H,78,91)(H,79,93)(H,80,92)(H,81,98)(H,82,97)(H,83,94)(H,84,95)(H,87,88)(H,99,100)/t37-,38+,48-,50-,51-,52-,53-,54-,55+,56-,58-,59-/m0/s1. The minimum atomic E-state index is -1.81. The number of nitrogens with zero attached hydrogens (tertiary/aromatic N) is 1. The van der Waals surface area contributed by atoms with Crippen molar-refractivity contribution >= 4 is 118 Å². The number of aromatic hydroxyl groups is 1. The molecule has 2 heterocycles. The number of imidazole rings is 1. The summed E-state index contributed by atoms with van der Waals surface area (Å²) in [6.07, 6.45) is 0.425. The number of rotatable bonds is 37. The van der Waals surface area contributed by atoms with E-state index in [4.69, 9.17) is 5.73 Å². The Hall–Kier alpha value is -10.8. The van der Waals surface area contributed by atoms with E-state index in [1.807, 2.05) is 12.1 Å². The van der Waals surface area contributed by atoms with Crippen LogP contribution in [0.15, 0.2) is 140 Å². The number of aliphatic carboxylic acids is 2. The lowest BCUT2D eigenvalue weighted by Crippen LogP contribution is -2.62. The second-order valence-corrected chi connectivity index (χ2v) is 25.5. The van der Waals surface area contributed by atoms with Gasteiger partial charge in [0.1, 0.15) is 66.2 Å². The van der Waals surface area contributed by atoms with Crippen LogP contribution >= 0.6 is 25.3 Å². The predicted octanol–water partition coefficient (Wildman–Crippen LogP) is -0.0860. The largest absolute Gasteiger partial charge is 0.508 e. The van der Waals surface area contributed by atoms with E-state index in [0.29, 0.717) is 44.2 Å². The maximum absolute atomic E-state index is 15.1. The Morgan fingerprint density at radius 1 is 0.461 bits per heavy atom. The minimum Gasteiger partial charge on any atom is -0.508 e. The van der Waals surface area contributed by atoms with Gasteiger partial charge in [-0.15, -0.1) is 0 Å². The number of carboxylic acids is 2. The Kier molecular flexibility index (Phi) is 28.9. The number of para-hydroxylation sites is 1. The lowest BCUT2D eigenvalue weighted by Gasteiger charge is -2.29. The van der Waals surface area contributed by atoms with E-state index in [2.05, 4.69) is 93.4 Å². The van der Waals surface area contributed by atoms with Crippen molar-refractivity contribution in [1.29, 1.82) is 0 Å². The highest BCUT2D eigenvalue weighted by Gasteiger charge is 2.38. The van der Waals surface area contributed by atoms with Crippen molar-refractivity contribution in [3.8, 4) is 5.75 Å². The van der Waals surface area contributed by atoms with Crippen LogP contribution in [0.1, 0.15) is 62.1 Å². The summed E-state index contributed by atoms with van der Waals surface area (Å²) in [7, 11) is 0. The number of hydrogen-bond donors (Lipinski definition) is 19. The summed E-state index contributed by atoms with van der Waals surface area (Å²) in [6, 6.07) is 16.6. The molecule has 0 aliphatic heterocycles. The van der Waals surface area contributed by atoms with E-state index in [1.54, 1.807) is 105 Å². The van der Waals surface area contributed by atoms with Crippen molar-refractivity contribution in [2.45, 2.75) is 139 Å². The third-order valence-corrected chi connectivity index (χ3v) is 17.4. The summed E-state index contributed by atoms with van der Waals surface area (Å²) >= 11 is 8.39. The van der Waals surface area contributed by atoms with Gasteiger partial charge in [0.15, 0.2) is 0 Å². The minimum absolute atomic E-state index is 0.0666. The van der Waals surface area contributed by atoms with E-state index < -0.39 is 162 Å². The molecular formula is C70H84N14O16S2. The van der Waals surface area contributed by atoms with Gasteiger partial charge < -0.3 is 89.3 Å². The molecule has 2 aromatic heterocycles. The molecule has 0 radical (unpaired) electrons. The van der Waals surface area contributed by atoms with Gasteiger partial charge in [0.05, 0.1) is 24.9 Å². The zero-order chi connectivity index (χ0) is 74.3. The van der Waals surface area contributed by atoms with Gasteiger partial charge >= 0.3 is 11.9 Å². The van der Waals surface area contributed by atoms with Crippen LogP contribution in [0.3, 0.4) is 0 Å². The third kappa shape index (κ3) is 22.6. The number of aromatic amines is 2. The Morgan fingerprint density at radius 2 is 0.951 bits per heavy atom. The van der Waals surface area contributed by atoms with Crippen molar-refractivity contribution in [2.75, 3.05) is 11.5 Å². The van der Waals surface area contributed by atoms with Crippen LogP contribution in [-0.2, 0) is 89.6 Å². The number of aliphatic hydroxyl groups is 1. The van der Waals surface area contributed by atoms with E-state index in [-0.39, 0.29) is 43.6 Å². The molecule has 7 rings (SSSR count). The second kappa shape index (κ2) is 37.6. The molecule has 0 unspecified atom stereocenters. The molecule has 542 valence electrons. The molecule has 7 aromatic rings. The maximum atomic E-state index is 15.1. The van der Waals surface area contributed by atoms with E-state index in [9.17, 15) is 68.4 Å². The lowest BCUT2D eigenvalue weighted by molar-refractivity contribution is -0.143. The van der Waals surface area contributed by atoms with E-state index in [1.165, 1.54) is 50.6 Å². The number of nitrogens with two attached hydrogens (primary N) is 1. The fourth-order valence-electron chi connectivity index (χ4n) is 11.0. The van der Waals surface area contributed by atoms with Crippen molar-refractivity contribution in [2.24, 2.45) is 11.7 Å². The van der Waals surface area contributed by atoms with Crippen LogP contribution in [0.2, 0.25) is 0 Å². The van der Waals surface area contributed by atoms with Crippen molar-refractivity contribution in [3.05, 3.63) is 168 Å². The van der Waals surface area contributed by atoms with Gasteiger partial charge in [-0.25, -0.2) is 9.78 Å². The van der Waals surface area contributed by atoms with Gasteiger partial charge in [-0.1, -0.05) is 117 Å². The zero-order valence-corrected chi connectivity index (χ0v) is 57.8. The van der Waals surface area contributed by atoms with Crippen molar-refractivity contribution < 1.29 is 78.0 Å². The lowest BCUT2D eigenvalue weighted by atomic mass is 9.97. The molecule has 0 spiro atoms. The maximum Gasteiger partial charge on any atom is 0.326 e. The highest BCUT2D eigenvalue weighted by Crippen LogP contribution is 2.23. The smallest absolute Gasteiger partial charge is 0.326 e. The van der Waals surface area contributed by atoms with Gasteiger partial charge in [-0.3, -0.25) is 52.7 Å². The Bertz CT molecular complexity index is 4100. The van der Waals surface area contributed by atoms with Gasteiger partial charge in [-0.2, -0.15) is 25.3 Å². The fourth-order valence-corrected chi connectivity index (χ4v) is 11.4. The molecule has 10 amide bonds. The number of benzene rings is 5. The first-order chi connectivity index (χ1) is 48.6. The number of carboxylic acid groups (broad SMARTS) is 2. The molecule has 5 aromatic carbocycles. The number of phenolic OH excluding ortho intramolecular Hbond substituents is 1. The number of thiol groups is 2. The summed E-state index contributed by atoms with van der Waals surface area (Å²) in [5.74, 6) is -14.0. The number of aromatic nitrogens is 3. The number of amides is 10. The predicted molar refractivity (Wildman–Crippen MR) is 381 cm³/mol. The molecule has 18 N–H and O–H groups in total. The van der Waals surface area contributed by atoms with Crippen LogP contribution in [0, 0.1) is 5.92 Å². The number of nitrogens with one attached hydrogen (secondary N) is 12. The Morgan fingerprint density at radius 3 is 1.54 bits per heavy atom. The van der Waals surface area contributed by atoms with Gasteiger partial charge in [0.25, 0.3) is 0 Å². The van der Waals surface area contributed by atoms with E-state index in [0.717, 1.165) is 5.39 Å². The van der Waals surface area contributed by atoms with Gasteiger partial charge in [-0.05, 0) is 71.0 Å². The first kappa shape index (κ1) is 78.5. The second-order valence-electron chi connectivity index (χ2n) is 24.8. The first-order valence-electron chi connectivity index (χ1n) is 32.6. The molecule has 0 fully saturated rings. The van der Waals surface area contributed by atoms with Crippen LogP contribution in [0.25, 0.3) is 21.7 Å². The van der Waals surface area contributed by atoms with Crippen molar-refractivity contribution in [3.63, 3.8) is 0 Å². The van der Waals surface area contributed by atoms with Gasteiger partial charge in [0.2, 0.25) is 59.1 Å². The SMILES string of the molecule is CC(C)[C@H](NC(=O)[C@H](Cc1c[nH]c2ccccc12)NC(=O)[C@H](CC(=O)O)NC(=O)[C@H](C)NC(=O)[C@@H](N)CS)C(=O)N[C@@H](CS)C(=O)N[C@@H](Cc1ccc(O)cc1)C(=O)N[C@@H](Cc1cccc2ccccc12)C(=O)N[C@@H](Cc1cnc[nH]1)C(=O)N[C@H](C(=O)N[C@H](Cc1ccccc1)C(=O)O)[C@@H](C)O. The number of aliphatic hydroxyl groups excluding tert-OH is 1. The summed E-state index contributed by atoms with van der Waals surface area (Å²) in [5.41, 5.74) is 8.71.